The Bertz CT molecular complexity index is 430. The van der Waals surface area contributed by atoms with E-state index >= 15 is 0 Å². The second-order valence-corrected chi connectivity index (χ2v) is 6.58. The van der Waals surface area contributed by atoms with Crippen molar-refractivity contribution >= 4 is 23.5 Å². The van der Waals surface area contributed by atoms with Crippen LogP contribution in [0, 0.1) is 0 Å². The van der Waals surface area contributed by atoms with Gasteiger partial charge in [-0.1, -0.05) is 13.3 Å². The van der Waals surface area contributed by atoms with Crippen LogP contribution in [0.3, 0.4) is 0 Å². The highest BCUT2D eigenvalue weighted by molar-refractivity contribution is 7.99. The predicted molar refractivity (Wildman–Crippen MR) is 90.2 cm³/mol. The summed E-state index contributed by atoms with van der Waals surface area (Å²) in [7, 11) is 0. The fourth-order valence-corrected chi connectivity index (χ4v) is 3.15. The summed E-state index contributed by atoms with van der Waals surface area (Å²) in [5.74, 6) is 1.06. The van der Waals surface area contributed by atoms with Gasteiger partial charge < -0.3 is 15.5 Å². The Morgan fingerprint density at radius 2 is 1.90 bits per heavy atom. The number of nitrogens with zero attached hydrogens (tertiary/aromatic N) is 1. The van der Waals surface area contributed by atoms with E-state index in [0.717, 1.165) is 18.0 Å². The first-order chi connectivity index (χ1) is 10.3. The van der Waals surface area contributed by atoms with Gasteiger partial charge in [-0.15, -0.1) is 11.8 Å². The Kier molecular flexibility index (Phi) is 6.89. The van der Waals surface area contributed by atoms with Gasteiger partial charge in [0.15, 0.2) is 0 Å². The highest BCUT2D eigenvalue weighted by Crippen LogP contribution is 2.19. The van der Waals surface area contributed by atoms with Crippen LogP contribution in [0.4, 0.5) is 10.5 Å². The summed E-state index contributed by atoms with van der Waals surface area (Å²) in [6.07, 6.45) is 3.92. The Balaban J connectivity index is 1.66. The molecule has 2 rings (SSSR count). The van der Waals surface area contributed by atoms with E-state index in [1.807, 2.05) is 24.3 Å². The Morgan fingerprint density at radius 1 is 1.19 bits per heavy atom. The number of carbonyl (C=O) groups is 1. The molecule has 0 radical (unpaired) electrons. The maximum Gasteiger partial charge on any atom is 0.319 e. The third-order valence-electron chi connectivity index (χ3n) is 3.59. The SMILES string of the molecule is CCSc1ccc(NC(=O)NCCN2CCCCC2)cc1. The lowest BCUT2D eigenvalue weighted by Gasteiger charge is -2.26. The molecule has 1 saturated heterocycles. The largest absolute Gasteiger partial charge is 0.337 e. The van der Waals surface area contributed by atoms with Crippen molar-refractivity contribution in [2.24, 2.45) is 0 Å². The summed E-state index contributed by atoms with van der Waals surface area (Å²) in [6, 6.07) is 7.85. The number of amides is 2. The van der Waals surface area contributed by atoms with E-state index in [1.165, 1.54) is 37.2 Å². The van der Waals surface area contributed by atoms with Crippen LogP contribution in [0.25, 0.3) is 0 Å². The van der Waals surface area contributed by atoms with Gasteiger partial charge in [0.2, 0.25) is 0 Å². The fraction of sp³-hybridized carbons (Fsp3) is 0.562. The molecule has 4 nitrogen and oxygen atoms in total. The zero-order valence-electron chi connectivity index (χ0n) is 12.7. The molecule has 0 spiro atoms. The van der Waals surface area contributed by atoms with Crippen molar-refractivity contribution in [3.8, 4) is 0 Å². The summed E-state index contributed by atoms with van der Waals surface area (Å²) in [6.45, 7) is 6.11. The number of hydrogen-bond donors (Lipinski definition) is 2. The van der Waals surface area contributed by atoms with Crippen LogP contribution in [0.1, 0.15) is 26.2 Å². The number of anilines is 1. The highest BCUT2D eigenvalue weighted by atomic mass is 32.2. The van der Waals surface area contributed by atoms with Gasteiger partial charge >= 0.3 is 6.03 Å². The molecule has 1 aliphatic rings. The maximum atomic E-state index is 11.8. The quantitative estimate of drug-likeness (QED) is 0.792. The number of rotatable bonds is 6. The van der Waals surface area contributed by atoms with Gasteiger partial charge in [-0.3, -0.25) is 0 Å². The lowest BCUT2D eigenvalue weighted by atomic mass is 10.1. The molecule has 1 aromatic carbocycles. The predicted octanol–water partition coefficient (Wildman–Crippen LogP) is 3.41. The highest BCUT2D eigenvalue weighted by Gasteiger charge is 2.09. The van der Waals surface area contributed by atoms with Gasteiger partial charge in [-0.2, -0.15) is 0 Å². The number of likely N-dealkylation sites (tertiary alicyclic amines) is 1. The number of hydrogen-bond acceptors (Lipinski definition) is 3. The van der Waals surface area contributed by atoms with Crippen molar-refractivity contribution in [1.29, 1.82) is 0 Å². The number of urea groups is 1. The minimum absolute atomic E-state index is 0.122. The monoisotopic (exact) mass is 307 g/mol. The molecule has 1 aliphatic heterocycles. The van der Waals surface area contributed by atoms with E-state index in [0.29, 0.717) is 6.54 Å². The van der Waals surface area contributed by atoms with Crippen molar-refractivity contribution < 1.29 is 4.79 Å². The maximum absolute atomic E-state index is 11.8. The lowest BCUT2D eigenvalue weighted by Crippen LogP contribution is -2.39. The van der Waals surface area contributed by atoms with Gasteiger partial charge in [-0.25, -0.2) is 4.79 Å². The first-order valence-corrected chi connectivity index (χ1v) is 8.76. The Hall–Kier alpha value is -1.20. The molecule has 5 heteroatoms. The number of benzene rings is 1. The molecule has 0 aliphatic carbocycles. The van der Waals surface area contributed by atoms with E-state index < -0.39 is 0 Å². The van der Waals surface area contributed by atoms with Crippen molar-refractivity contribution in [3.63, 3.8) is 0 Å². The molecule has 0 atom stereocenters. The molecule has 0 saturated carbocycles. The average molecular weight is 307 g/mol. The van der Waals surface area contributed by atoms with Crippen molar-refractivity contribution in [2.45, 2.75) is 31.1 Å². The van der Waals surface area contributed by atoms with Crippen molar-refractivity contribution in [2.75, 3.05) is 37.2 Å². The van der Waals surface area contributed by atoms with Crippen LogP contribution in [0.5, 0.6) is 0 Å². The molecule has 0 aromatic heterocycles. The van der Waals surface area contributed by atoms with Crippen LogP contribution in [0.2, 0.25) is 0 Å². The smallest absolute Gasteiger partial charge is 0.319 e. The second kappa shape index (κ2) is 8.95. The Labute approximate surface area is 131 Å². The normalized spacial score (nSPS) is 15.7. The van der Waals surface area contributed by atoms with Crippen LogP contribution in [-0.4, -0.2) is 42.9 Å². The van der Waals surface area contributed by atoms with Gasteiger partial charge in [-0.05, 0) is 55.9 Å². The molecule has 1 aromatic rings. The summed E-state index contributed by atoms with van der Waals surface area (Å²) >= 11 is 1.80. The third kappa shape index (κ3) is 5.98. The van der Waals surface area contributed by atoms with Crippen LogP contribution in [0.15, 0.2) is 29.2 Å². The van der Waals surface area contributed by atoms with Crippen LogP contribution < -0.4 is 10.6 Å². The lowest BCUT2D eigenvalue weighted by molar-refractivity contribution is 0.224. The molecule has 0 bridgehead atoms. The topological polar surface area (TPSA) is 44.4 Å². The molecule has 1 heterocycles. The fourth-order valence-electron chi connectivity index (χ4n) is 2.49. The molecule has 1 fully saturated rings. The van der Waals surface area contributed by atoms with E-state index in [9.17, 15) is 4.79 Å². The molecule has 2 amide bonds. The standard InChI is InChI=1S/C16H25N3OS/c1-2-21-15-8-6-14(7-9-15)18-16(20)17-10-13-19-11-4-3-5-12-19/h6-9H,2-5,10-13H2,1H3,(H2,17,18,20). The van der Waals surface area contributed by atoms with E-state index in [2.05, 4.69) is 22.5 Å². The third-order valence-corrected chi connectivity index (χ3v) is 4.48. The minimum atomic E-state index is -0.122. The first-order valence-electron chi connectivity index (χ1n) is 7.78. The van der Waals surface area contributed by atoms with Crippen LogP contribution >= 0.6 is 11.8 Å². The Morgan fingerprint density at radius 3 is 2.57 bits per heavy atom. The van der Waals surface area contributed by atoms with E-state index in [4.69, 9.17) is 0 Å². The van der Waals surface area contributed by atoms with Gasteiger partial charge in [0, 0.05) is 23.7 Å². The van der Waals surface area contributed by atoms with Crippen molar-refractivity contribution in [1.82, 2.24) is 10.2 Å². The van der Waals surface area contributed by atoms with Crippen LogP contribution in [-0.2, 0) is 0 Å². The minimum Gasteiger partial charge on any atom is -0.337 e. The summed E-state index contributed by atoms with van der Waals surface area (Å²) in [5, 5.41) is 5.79. The number of nitrogens with one attached hydrogen (secondary N) is 2. The molecule has 21 heavy (non-hydrogen) atoms. The first kappa shape index (κ1) is 16.2. The average Bonchev–Trinajstić information content (AvgIpc) is 2.51. The zero-order valence-corrected chi connectivity index (χ0v) is 13.5. The molecule has 2 N–H and O–H groups in total. The van der Waals surface area contributed by atoms with Crippen molar-refractivity contribution in [3.05, 3.63) is 24.3 Å². The molecular weight excluding hydrogens is 282 g/mol. The molecular formula is C16H25N3OS. The van der Waals surface area contributed by atoms with Gasteiger partial charge in [0.1, 0.15) is 0 Å². The number of thioether (sulfide) groups is 1. The summed E-state index contributed by atoms with van der Waals surface area (Å²) < 4.78 is 0. The molecule has 116 valence electrons. The number of piperidine rings is 1. The second-order valence-electron chi connectivity index (χ2n) is 5.24. The van der Waals surface area contributed by atoms with Gasteiger partial charge in [0.05, 0.1) is 0 Å². The summed E-state index contributed by atoms with van der Waals surface area (Å²) in [5.41, 5.74) is 0.839. The molecule has 0 unspecified atom stereocenters. The van der Waals surface area contributed by atoms with Gasteiger partial charge in [0.25, 0.3) is 0 Å². The van der Waals surface area contributed by atoms with E-state index in [1.54, 1.807) is 11.8 Å². The van der Waals surface area contributed by atoms with E-state index in [-0.39, 0.29) is 6.03 Å². The zero-order chi connectivity index (χ0) is 14.9. The number of carbonyl (C=O) groups excluding carboxylic acids is 1. The summed E-state index contributed by atoms with van der Waals surface area (Å²) in [4.78, 5) is 15.5.